The molecule has 4 aromatic rings. The van der Waals surface area contributed by atoms with Crippen molar-refractivity contribution < 1.29 is 0 Å². The van der Waals surface area contributed by atoms with Crippen molar-refractivity contribution in [1.82, 2.24) is 39.9 Å². The fourth-order valence-electron chi connectivity index (χ4n) is 2.90. The third-order valence-electron chi connectivity index (χ3n) is 4.15. The summed E-state index contributed by atoms with van der Waals surface area (Å²) >= 11 is 0. The Hall–Kier alpha value is -3.36. The normalized spacial score (nSPS) is 12.5. The van der Waals surface area contributed by atoms with Gasteiger partial charge in [-0.05, 0) is 32.9 Å². The number of hydrogen-bond acceptors (Lipinski definition) is 7. The first-order valence-electron chi connectivity index (χ1n) is 8.30. The van der Waals surface area contributed by atoms with Crippen LogP contribution in [0.5, 0.6) is 0 Å². The summed E-state index contributed by atoms with van der Waals surface area (Å²) in [6, 6.07) is 3.65. The maximum atomic E-state index is 4.75. The zero-order chi connectivity index (χ0) is 18.3. The Kier molecular flexibility index (Phi) is 3.83. The van der Waals surface area contributed by atoms with Crippen LogP contribution in [0.1, 0.15) is 30.3 Å². The Labute approximate surface area is 149 Å². The molecule has 0 saturated carbocycles. The van der Waals surface area contributed by atoms with Crippen LogP contribution in [0, 0.1) is 13.8 Å². The molecule has 0 amide bonds. The molecule has 9 nitrogen and oxygen atoms in total. The van der Waals surface area contributed by atoms with E-state index in [1.54, 1.807) is 17.1 Å². The van der Waals surface area contributed by atoms with Gasteiger partial charge in [0, 0.05) is 25.0 Å². The molecule has 132 valence electrons. The summed E-state index contributed by atoms with van der Waals surface area (Å²) in [5, 5.41) is 15.9. The molecule has 0 aliphatic carbocycles. The number of aromatic amines is 1. The van der Waals surface area contributed by atoms with E-state index in [1.807, 2.05) is 40.0 Å². The van der Waals surface area contributed by atoms with Gasteiger partial charge in [0.05, 0.1) is 17.1 Å². The topological polar surface area (TPSA) is 110 Å². The first kappa shape index (κ1) is 16.1. The quantitative estimate of drug-likeness (QED) is 0.582. The van der Waals surface area contributed by atoms with Crippen LogP contribution in [0.3, 0.4) is 0 Å². The highest BCUT2D eigenvalue weighted by Gasteiger charge is 2.19. The summed E-state index contributed by atoms with van der Waals surface area (Å²) < 4.78 is 1.77. The van der Waals surface area contributed by atoms with E-state index in [4.69, 9.17) is 9.97 Å². The molecule has 0 unspecified atom stereocenters. The Morgan fingerprint density at radius 3 is 2.58 bits per heavy atom. The molecule has 4 heterocycles. The Morgan fingerprint density at radius 1 is 1.12 bits per heavy atom. The van der Waals surface area contributed by atoms with Gasteiger partial charge in [-0.1, -0.05) is 0 Å². The standard InChI is InChI=1S/C17H19N9/c1-9-13-16(19-10(2)14-20-11(3)23-24-14)21-15(12-5-7-18-8-6-12)22-17(13)26(4)25-9/h5-8,10H,1-4H3,(H,19,21,22)(H,20,23,24)/t10-/m0/s1. The third-order valence-corrected chi connectivity index (χ3v) is 4.15. The molecule has 4 rings (SSSR count). The number of pyridine rings is 1. The molecule has 0 aromatic carbocycles. The predicted octanol–water partition coefficient (Wildman–Crippen LogP) is 2.33. The number of nitrogens with zero attached hydrogens (tertiary/aromatic N) is 7. The fraction of sp³-hybridized carbons (Fsp3) is 0.294. The molecule has 0 bridgehead atoms. The Bertz CT molecular complexity index is 1060. The van der Waals surface area contributed by atoms with Crippen LogP contribution in [0.4, 0.5) is 5.82 Å². The molecule has 0 radical (unpaired) electrons. The van der Waals surface area contributed by atoms with Gasteiger partial charge in [-0.3, -0.25) is 14.8 Å². The number of hydrogen-bond donors (Lipinski definition) is 2. The molecule has 26 heavy (non-hydrogen) atoms. The van der Waals surface area contributed by atoms with Crippen LogP contribution < -0.4 is 5.32 Å². The second-order valence-corrected chi connectivity index (χ2v) is 6.18. The first-order valence-corrected chi connectivity index (χ1v) is 8.30. The zero-order valence-electron chi connectivity index (χ0n) is 15.0. The summed E-state index contributed by atoms with van der Waals surface area (Å²) in [7, 11) is 1.88. The number of rotatable bonds is 4. The second-order valence-electron chi connectivity index (χ2n) is 6.18. The van der Waals surface area contributed by atoms with Crippen molar-refractivity contribution in [3.63, 3.8) is 0 Å². The Morgan fingerprint density at radius 2 is 1.88 bits per heavy atom. The van der Waals surface area contributed by atoms with Crippen LogP contribution in [-0.2, 0) is 7.05 Å². The maximum Gasteiger partial charge on any atom is 0.172 e. The predicted molar refractivity (Wildman–Crippen MR) is 97.4 cm³/mol. The molecule has 2 N–H and O–H groups in total. The van der Waals surface area contributed by atoms with Crippen molar-refractivity contribution in [2.45, 2.75) is 26.8 Å². The van der Waals surface area contributed by atoms with Crippen molar-refractivity contribution >= 4 is 16.9 Å². The van der Waals surface area contributed by atoms with E-state index in [-0.39, 0.29) is 6.04 Å². The van der Waals surface area contributed by atoms with Crippen LogP contribution in [0.2, 0.25) is 0 Å². The van der Waals surface area contributed by atoms with Gasteiger partial charge < -0.3 is 5.32 Å². The van der Waals surface area contributed by atoms with Gasteiger partial charge in [-0.15, -0.1) is 0 Å². The minimum atomic E-state index is -0.122. The van der Waals surface area contributed by atoms with Gasteiger partial charge >= 0.3 is 0 Å². The molecular formula is C17H19N9. The minimum absolute atomic E-state index is 0.122. The summed E-state index contributed by atoms with van der Waals surface area (Å²) in [6.45, 7) is 5.82. The summed E-state index contributed by atoms with van der Waals surface area (Å²) in [6.07, 6.45) is 3.45. The van der Waals surface area contributed by atoms with Crippen LogP contribution in [-0.4, -0.2) is 39.9 Å². The molecule has 0 fully saturated rings. The van der Waals surface area contributed by atoms with E-state index < -0.39 is 0 Å². The van der Waals surface area contributed by atoms with E-state index in [0.717, 1.165) is 28.1 Å². The summed E-state index contributed by atoms with van der Waals surface area (Å²) in [5.74, 6) is 2.78. The summed E-state index contributed by atoms with van der Waals surface area (Å²) in [4.78, 5) is 17.9. The molecule has 0 aliphatic heterocycles. The average molecular weight is 349 g/mol. The molecular weight excluding hydrogens is 330 g/mol. The molecule has 4 aromatic heterocycles. The van der Waals surface area contributed by atoms with Gasteiger partial charge in [-0.25, -0.2) is 15.0 Å². The van der Waals surface area contributed by atoms with Crippen molar-refractivity contribution in [1.29, 1.82) is 0 Å². The van der Waals surface area contributed by atoms with E-state index in [1.165, 1.54) is 0 Å². The third kappa shape index (κ3) is 2.77. The lowest BCUT2D eigenvalue weighted by atomic mass is 10.2. The molecule has 1 atom stereocenters. The van der Waals surface area contributed by atoms with Gasteiger partial charge in [-0.2, -0.15) is 10.2 Å². The van der Waals surface area contributed by atoms with Gasteiger partial charge in [0.1, 0.15) is 11.6 Å². The van der Waals surface area contributed by atoms with Crippen LogP contribution in [0.15, 0.2) is 24.5 Å². The number of anilines is 1. The lowest BCUT2D eigenvalue weighted by Crippen LogP contribution is -2.11. The minimum Gasteiger partial charge on any atom is -0.360 e. The number of aromatic nitrogens is 8. The van der Waals surface area contributed by atoms with Crippen molar-refractivity contribution in [2.75, 3.05) is 5.32 Å². The number of H-pyrrole nitrogens is 1. The average Bonchev–Trinajstić information content (AvgIpc) is 3.19. The van der Waals surface area contributed by atoms with Crippen LogP contribution in [0.25, 0.3) is 22.4 Å². The smallest absolute Gasteiger partial charge is 0.172 e. The van der Waals surface area contributed by atoms with E-state index in [0.29, 0.717) is 17.5 Å². The molecule has 0 aliphatic rings. The van der Waals surface area contributed by atoms with Gasteiger partial charge in [0.25, 0.3) is 0 Å². The lowest BCUT2D eigenvalue weighted by Gasteiger charge is -2.13. The SMILES string of the molecule is Cc1nc([C@H](C)Nc2nc(-c3ccncc3)nc3c2c(C)nn3C)n[nH]1. The molecule has 0 saturated heterocycles. The monoisotopic (exact) mass is 349 g/mol. The highest BCUT2D eigenvalue weighted by Crippen LogP contribution is 2.29. The van der Waals surface area contributed by atoms with Gasteiger partial charge in [0.15, 0.2) is 17.3 Å². The number of aryl methyl sites for hydroxylation is 3. The van der Waals surface area contributed by atoms with E-state index in [9.17, 15) is 0 Å². The van der Waals surface area contributed by atoms with Gasteiger partial charge in [0.2, 0.25) is 0 Å². The maximum absolute atomic E-state index is 4.75. The van der Waals surface area contributed by atoms with Crippen LogP contribution >= 0.6 is 0 Å². The van der Waals surface area contributed by atoms with E-state index in [2.05, 4.69) is 30.6 Å². The Balaban J connectivity index is 1.84. The first-order chi connectivity index (χ1) is 12.5. The molecule has 0 spiro atoms. The zero-order valence-corrected chi connectivity index (χ0v) is 15.0. The lowest BCUT2D eigenvalue weighted by molar-refractivity contribution is 0.773. The second kappa shape index (κ2) is 6.17. The fourth-order valence-corrected chi connectivity index (χ4v) is 2.90. The van der Waals surface area contributed by atoms with Crippen molar-refractivity contribution in [2.24, 2.45) is 7.05 Å². The van der Waals surface area contributed by atoms with Crippen molar-refractivity contribution in [3.05, 3.63) is 41.9 Å². The van der Waals surface area contributed by atoms with Crippen molar-refractivity contribution in [3.8, 4) is 11.4 Å². The molecule has 9 heteroatoms. The highest BCUT2D eigenvalue weighted by atomic mass is 15.3. The number of nitrogens with one attached hydrogen (secondary N) is 2. The van der Waals surface area contributed by atoms with E-state index >= 15 is 0 Å². The number of fused-ring (bicyclic) bond motifs is 1. The highest BCUT2D eigenvalue weighted by molar-refractivity contribution is 5.91. The summed E-state index contributed by atoms with van der Waals surface area (Å²) in [5.41, 5.74) is 2.53. The largest absolute Gasteiger partial charge is 0.360 e.